The molecule has 0 saturated heterocycles. The van der Waals surface area contributed by atoms with Crippen LogP contribution in [0.5, 0.6) is 0 Å². The highest BCUT2D eigenvalue weighted by Gasteiger charge is 2.08. The van der Waals surface area contributed by atoms with Crippen LogP contribution >= 0.6 is 0 Å². The van der Waals surface area contributed by atoms with E-state index in [4.69, 9.17) is 4.98 Å². The molecule has 0 aliphatic rings. The Morgan fingerprint density at radius 3 is 2.43 bits per heavy atom. The summed E-state index contributed by atoms with van der Waals surface area (Å²) in [6.07, 6.45) is 3.46. The first kappa shape index (κ1) is 17.9. The van der Waals surface area contributed by atoms with Crippen LogP contribution in [-0.2, 0) is 0 Å². The summed E-state index contributed by atoms with van der Waals surface area (Å²) < 4.78 is 15.0. The van der Waals surface area contributed by atoms with Gasteiger partial charge < -0.3 is 5.32 Å². The molecule has 30 heavy (non-hydrogen) atoms. The minimum Gasteiger partial charge on any atom is -0.324 e. The van der Waals surface area contributed by atoms with Crippen LogP contribution < -0.4 is 5.32 Å². The van der Waals surface area contributed by atoms with Gasteiger partial charge in [-0.05, 0) is 48.9 Å². The SMILES string of the molecule is Cc1ncn(-c2ccc(Nc3ncc4cccc(-c5ccc(F)cc5)c4n3)cc2)n1. The lowest BCUT2D eigenvalue weighted by molar-refractivity contribution is 0.628. The Morgan fingerprint density at radius 1 is 0.900 bits per heavy atom. The van der Waals surface area contributed by atoms with Crippen LogP contribution in [0.2, 0.25) is 0 Å². The molecule has 0 aliphatic carbocycles. The lowest BCUT2D eigenvalue weighted by Crippen LogP contribution is -1.99. The molecular formula is C23H17FN6. The van der Waals surface area contributed by atoms with Crippen LogP contribution in [0.4, 0.5) is 16.0 Å². The van der Waals surface area contributed by atoms with Crippen LogP contribution in [0.3, 0.4) is 0 Å². The molecule has 0 bridgehead atoms. The van der Waals surface area contributed by atoms with Gasteiger partial charge >= 0.3 is 0 Å². The van der Waals surface area contributed by atoms with Gasteiger partial charge in [0.1, 0.15) is 18.0 Å². The van der Waals surface area contributed by atoms with E-state index in [0.29, 0.717) is 5.95 Å². The van der Waals surface area contributed by atoms with Gasteiger partial charge in [-0.1, -0.05) is 30.3 Å². The first-order chi connectivity index (χ1) is 14.7. The second kappa shape index (κ2) is 7.36. The third kappa shape index (κ3) is 3.48. The second-order valence-electron chi connectivity index (χ2n) is 6.85. The summed E-state index contributed by atoms with van der Waals surface area (Å²) in [5.74, 6) is 0.945. The molecule has 6 nitrogen and oxygen atoms in total. The first-order valence-corrected chi connectivity index (χ1v) is 9.43. The van der Waals surface area contributed by atoms with E-state index in [9.17, 15) is 4.39 Å². The maximum atomic E-state index is 13.3. The average molecular weight is 396 g/mol. The van der Waals surface area contributed by atoms with Gasteiger partial charge in [0.2, 0.25) is 5.95 Å². The number of aryl methyl sites for hydroxylation is 1. The molecule has 2 aromatic heterocycles. The smallest absolute Gasteiger partial charge is 0.227 e. The molecule has 0 radical (unpaired) electrons. The van der Waals surface area contributed by atoms with Crippen molar-refractivity contribution in [2.45, 2.75) is 6.92 Å². The number of benzene rings is 3. The highest BCUT2D eigenvalue weighted by Crippen LogP contribution is 2.28. The molecule has 1 N–H and O–H groups in total. The number of nitrogens with one attached hydrogen (secondary N) is 1. The van der Waals surface area contributed by atoms with Crippen molar-refractivity contribution in [2.75, 3.05) is 5.32 Å². The monoisotopic (exact) mass is 396 g/mol. The molecule has 0 aliphatic heterocycles. The molecule has 0 fully saturated rings. The lowest BCUT2D eigenvalue weighted by Gasteiger charge is -2.10. The van der Waals surface area contributed by atoms with E-state index in [1.165, 1.54) is 12.1 Å². The molecule has 7 heteroatoms. The van der Waals surface area contributed by atoms with Gasteiger partial charge in [-0.25, -0.2) is 24.0 Å². The second-order valence-corrected chi connectivity index (χ2v) is 6.85. The predicted octanol–water partition coefficient (Wildman–Crippen LogP) is 5.07. The largest absolute Gasteiger partial charge is 0.324 e. The molecule has 0 atom stereocenters. The van der Waals surface area contributed by atoms with Gasteiger partial charge in [-0.3, -0.25) is 0 Å². The van der Waals surface area contributed by atoms with Gasteiger partial charge in [-0.2, -0.15) is 5.10 Å². The number of hydrogen-bond acceptors (Lipinski definition) is 5. The number of para-hydroxylation sites is 1. The quantitative estimate of drug-likeness (QED) is 0.459. The zero-order valence-corrected chi connectivity index (χ0v) is 16.1. The van der Waals surface area contributed by atoms with E-state index in [-0.39, 0.29) is 5.82 Å². The van der Waals surface area contributed by atoms with E-state index in [1.54, 1.807) is 29.3 Å². The van der Waals surface area contributed by atoms with Crippen molar-refractivity contribution >= 4 is 22.5 Å². The Bertz CT molecular complexity index is 1330. The van der Waals surface area contributed by atoms with E-state index >= 15 is 0 Å². The zero-order chi connectivity index (χ0) is 20.5. The fourth-order valence-corrected chi connectivity index (χ4v) is 3.28. The van der Waals surface area contributed by atoms with Crippen molar-refractivity contribution in [3.8, 4) is 16.8 Å². The fraction of sp³-hybridized carbons (Fsp3) is 0.0435. The predicted molar refractivity (Wildman–Crippen MR) is 114 cm³/mol. The van der Waals surface area contributed by atoms with Crippen LogP contribution in [0, 0.1) is 12.7 Å². The molecule has 0 saturated carbocycles. The van der Waals surface area contributed by atoms with Crippen molar-refractivity contribution < 1.29 is 4.39 Å². The standard InChI is InChI=1S/C23H17FN6/c1-15-26-14-30(29-15)20-11-9-19(10-12-20)27-23-25-13-17-3-2-4-21(22(17)28-23)16-5-7-18(24)8-6-16/h2-14H,1H3,(H,25,27,28). The Hall–Kier alpha value is -4.13. The topological polar surface area (TPSA) is 68.5 Å². The Morgan fingerprint density at radius 2 is 1.70 bits per heavy atom. The lowest BCUT2D eigenvalue weighted by atomic mass is 10.0. The molecule has 0 spiro atoms. The van der Waals surface area contributed by atoms with E-state index in [2.05, 4.69) is 20.4 Å². The van der Waals surface area contributed by atoms with Crippen LogP contribution in [0.15, 0.2) is 79.3 Å². The van der Waals surface area contributed by atoms with E-state index in [0.717, 1.165) is 39.2 Å². The maximum Gasteiger partial charge on any atom is 0.227 e. The Labute approximate surface area is 172 Å². The summed E-state index contributed by atoms with van der Waals surface area (Å²) in [7, 11) is 0. The minimum atomic E-state index is -0.263. The van der Waals surface area contributed by atoms with Gasteiger partial charge in [0.15, 0.2) is 0 Å². The Balaban J connectivity index is 1.46. The third-order valence-electron chi connectivity index (χ3n) is 4.76. The number of nitrogens with zero attached hydrogens (tertiary/aromatic N) is 5. The first-order valence-electron chi connectivity index (χ1n) is 9.43. The highest BCUT2D eigenvalue weighted by atomic mass is 19.1. The summed E-state index contributed by atoms with van der Waals surface area (Å²) in [5.41, 5.74) is 4.40. The number of rotatable bonds is 4. The summed E-state index contributed by atoms with van der Waals surface area (Å²) in [6, 6.07) is 20.1. The molecular weight excluding hydrogens is 379 g/mol. The summed E-state index contributed by atoms with van der Waals surface area (Å²) in [5, 5.41) is 8.47. The number of fused-ring (bicyclic) bond motifs is 1. The van der Waals surface area contributed by atoms with Gasteiger partial charge in [0.05, 0.1) is 11.2 Å². The third-order valence-corrected chi connectivity index (χ3v) is 4.76. The van der Waals surface area contributed by atoms with Crippen LogP contribution in [-0.4, -0.2) is 24.7 Å². The number of halogens is 1. The fourth-order valence-electron chi connectivity index (χ4n) is 3.28. The Kier molecular flexibility index (Phi) is 4.40. The molecule has 0 unspecified atom stereocenters. The maximum absolute atomic E-state index is 13.3. The number of hydrogen-bond donors (Lipinski definition) is 1. The molecule has 0 amide bonds. The molecule has 2 heterocycles. The summed E-state index contributed by atoms with van der Waals surface area (Å²) in [4.78, 5) is 13.3. The van der Waals surface area contributed by atoms with Gasteiger partial charge in [0, 0.05) is 22.8 Å². The molecule has 5 aromatic rings. The van der Waals surface area contributed by atoms with Crippen LogP contribution in [0.1, 0.15) is 5.82 Å². The average Bonchev–Trinajstić information content (AvgIpc) is 3.21. The van der Waals surface area contributed by atoms with Gasteiger partial charge in [-0.15, -0.1) is 0 Å². The number of anilines is 2. The number of aromatic nitrogens is 5. The van der Waals surface area contributed by atoms with Crippen molar-refractivity contribution in [3.05, 3.63) is 90.9 Å². The van der Waals surface area contributed by atoms with E-state index in [1.807, 2.05) is 49.4 Å². The normalized spacial score (nSPS) is 11.0. The summed E-state index contributed by atoms with van der Waals surface area (Å²) >= 11 is 0. The zero-order valence-electron chi connectivity index (χ0n) is 16.1. The summed E-state index contributed by atoms with van der Waals surface area (Å²) in [6.45, 7) is 1.85. The van der Waals surface area contributed by atoms with Crippen LogP contribution in [0.25, 0.3) is 27.7 Å². The molecule has 146 valence electrons. The van der Waals surface area contributed by atoms with Crippen molar-refractivity contribution in [2.24, 2.45) is 0 Å². The van der Waals surface area contributed by atoms with Crippen molar-refractivity contribution in [1.29, 1.82) is 0 Å². The van der Waals surface area contributed by atoms with Gasteiger partial charge in [0.25, 0.3) is 0 Å². The van der Waals surface area contributed by atoms with E-state index < -0.39 is 0 Å². The minimum absolute atomic E-state index is 0.263. The van der Waals surface area contributed by atoms with Crippen molar-refractivity contribution in [3.63, 3.8) is 0 Å². The molecule has 5 rings (SSSR count). The van der Waals surface area contributed by atoms with Crippen molar-refractivity contribution in [1.82, 2.24) is 24.7 Å². The molecule has 3 aromatic carbocycles. The highest BCUT2D eigenvalue weighted by molar-refractivity contribution is 5.93.